The summed E-state index contributed by atoms with van der Waals surface area (Å²) in [6.07, 6.45) is 6.93. The molecule has 0 aliphatic carbocycles. The Balaban J connectivity index is -0.000000137. The maximum absolute atomic E-state index is 10.6. The van der Waals surface area contributed by atoms with Crippen molar-refractivity contribution < 1.29 is 29.6 Å². The van der Waals surface area contributed by atoms with Gasteiger partial charge < -0.3 is 24.9 Å². The number of hydrogen-bond acceptors (Lipinski definition) is 6. The second kappa shape index (κ2) is 29.4. The van der Waals surface area contributed by atoms with Crippen molar-refractivity contribution in [2.24, 2.45) is 0 Å². The van der Waals surface area contributed by atoms with Crippen LogP contribution < -0.4 is 15.3 Å². The van der Waals surface area contributed by atoms with Crippen LogP contribution in [-0.2, 0) is 14.3 Å². The number of aliphatic carboxylic acids is 1. The fourth-order valence-electron chi connectivity index (χ4n) is 0.790. The quantitative estimate of drug-likeness (QED) is 0.208. The van der Waals surface area contributed by atoms with Gasteiger partial charge in [0, 0.05) is 6.08 Å². The van der Waals surface area contributed by atoms with E-state index in [4.69, 9.17) is 0 Å². The van der Waals surface area contributed by atoms with Crippen molar-refractivity contribution in [2.45, 2.75) is 59.3 Å². The average molecular weight is 439 g/mol. The molecule has 0 atom stereocenters. The van der Waals surface area contributed by atoms with Gasteiger partial charge in [0.1, 0.15) is 0 Å². The van der Waals surface area contributed by atoms with E-state index < -0.39 is 11.9 Å². The van der Waals surface area contributed by atoms with Gasteiger partial charge in [-0.25, -0.2) is 4.79 Å². The Labute approximate surface area is 157 Å². The van der Waals surface area contributed by atoms with Crippen LogP contribution in [0.5, 0.6) is 0 Å². The van der Waals surface area contributed by atoms with Gasteiger partial charge in [-0.05, 0) is 12.5 Å². The fourth-order valence-corrected chi connectivity index (χ4v) is 0.790. The average Bonchev–Trinajstić information content (AvgIpc) is 2.48. The molecule has 0 heterocycles. The molecule has 0 amide bonds. The molecule has 7 heteroatoms. The number of esters is 1. The van der Waals surface area contributed by atoms with Crippen LogP contribution in [0.1, 0.15) is 59.3 Å². The van der Waals surface area contributed by atoms with E-state index >= 15 is 0 Å². The predicted octanol–water partition coefficient (Wildman–Crippen LogP) is -0.451. The number of unbranched alkanes of at least 4 members (excludes halogenated alkanes) is 3. The minimum atomic E-state index is -1.40. The van der Waals surface area contributed by atoms with Crippen LogP contribution in [0.4, 0.5) is 0 Å². The van der Waals surface area contributed by atoms with Crippen molar-refractivity contribution in [3.63, 3.8) is 0 Å². The zero-order valence-corrected chi connectivity index (χ0v) is 17.0. The van der Waals surface area contributed by atoms with Gasteiger partial charge >= 0.3 is 30.4 Å². The van der Waals surface area contributed by atoms with E-state index in [1.54, 1.807) is 0 Å². The second-order valence-electron chi connectivity index (χ2n) is 4.29. The molecule has 6 nitrogen and oxygen atoms in total. The van der Waals surface area contributed by atoms with E-state index in [1.165, 1.54) is 0 Å². The smallest absolute Gasteiger partial charge is 0.854 e. The first-order valence-electron chi connectivity index (χ1n) is 7.71. The molecule has 134 valence electrons. The molecule has 0 saturated carbocycles. The molecule has 2 radical (unpaired) electrons. The number of carbonyl (C=O) groups excluding carboxylic acids is 2. The number of carboxylic acids is 1. The van der Waals surface area contributed by atoms with E-state index in [0.29, 0.717) is 12.7 Å². The zero-order valence-electron chi connectivity index (χ0n) is 14.4. The first kappa shape index (κ1) is 30.3. The van der Waals surface area contributed by atoms with E-state index in [9.17, 15) is 24.9 Å². The SMILES string of the molecule is CCCCOC(=O)/C=C/C(=O)[O-].CCCC[O-].CCCC[O-].[Sb+3]. The van der Waals surface area contributed by atoms with Crippen LogP contribution in [0.15, 0.2) is 12.2 Å². The molecule has 0 aliphatic heterocycles. The Morgan fingerprint density at radius 3 is 1.57 bits per heavy atom. The van der Waals surface area contributed by atoms with Gasteiger partial charge in [0.2, 0.25) is 0 Å². The number of hydrogen-bond donors (Lipinski definition) is 0. The molecule has 0 spiro atoms. The van der Waals surface area contributed by atoms with Crippen LogP contribution in [-0.4, -0.2) is 56.2 Å². The molecule has 0 aliphatic rings. The van der Waals surface area contributed by atoms with Gasteiger partial charge in [0.15, 0.2) is 0 Å². The molecular weight excluding hydrogens is 410 g/mol. The summed E-state index contributed by atoms with van der Waals surface area (Å²) in [5.41, 5.74) is 0. The Kier molecular flexibility index (Phi) is 38.8. The van der Waals surface area contributed by atoms with E-state index in [0.717, 1.165) is 44.6 Å². The normalized spacial score (nSPS) is 8.91. The fraction of sp³-hybridized carbons (Fsp3) is 0.750. The van der Waals surface area contributed by atoms with Crippen molar-refractivity contribution in [1.29, 1.82) is 0 Å². The Morgan fingerprint density at radius 1 is 0.870 bits per heavy atom. The Bertz CT molecular complexity index is 259. The zero-order chi connectivity index (χ0) is 17.6. The summed E-state index contributed by atoms with van der Waals surface area (Å²) in [5, 5.41) is 28.9. The number of ether oxygens (including phenoxy) is 1. The number of rotatable bonds is 9. The van der Waals surface area contributed by atoms with E-state index in [2.05, 4.69) is 4.74 Å². The van der Waals surface area contributed by atoms with Crippen molar-refractivity contribution in [3.8, 4) is 0 Å². The third kappa shape index (κ3) is 44.9. The summed E-state index contributed by atoms with van der Waals surface area (Å²) in [6, 6.07) is 0. The minimum Gasteiger partial charge on any atom is -0.854 e. The monoisotopic (exact) mass is 438 g/mol. The molecule has 0 aromatic rings. The summed E-state index contributed by atoms with van der Waals surface area (Å²) in [5.74, 6) is -2.05. The summed E-state index contributed by atoms with van der Waals surface area (Å²) in [6.45, 7) is 6.50. The van der Waals surface area contributed by atoms with Crippen LogP contribution in [0.2, 0.25) is 0 Å². The summed E-state index contributed by atoms with van der Waals surface area (Å²) in [4.78, 5) is 20.5. The number of carboxylic acid groups (broad SMARTS) is 1. The molecule has 23 heavy (non-hydrogen) atoms. The summed E-state index contributed by atoms with van der Waals surface area (Å²) >= 11 is 0. The summed E-state index contributed by atoms with van der Waals surface area (Å²) in [7, 11) is 0. The molecule has 0 rings (SSSR count). The Morgan fingerprint density at radius 2 is 1.30 bits per heavy atom. The molecule has 0 aromatic heterocycles. The van der Waals surface area contributed by atoms with Crippen molar-refractivity contribution in [2.75, 3.05) is 19.8 Å². The largest absolute Gasteiger partial charge is 3.00 e. The van der Waals surface area contributed by atoms with Crippen molar-refractivity contribution >= 4 is 36.4 Å². The molecular formula is C16H29O6Sb. The van der Waals surface area contributed by atoms with Crippen molar-refractivity contribution in [1.82, 2.24) is 0 Å². The molecule has 0 bridgehead atoms. The first-order chi connectivity index (χ1) is 10.5. The number of carbonyl (C=O) groups is 2. The van der Waals surface area contributed by atoms with Crippen LogP contribution in [0.25, 0.3) is 0 Å². The summed E-state index contributed by atoms with van der Waals surface area (Å²) < 4.78 is 4.62. The predicted molar refractivity (Wildman–Crippen MR) is 85.3 cm³/mol. The third-order valence-electron chi connectivity index (χ3n) is 2.09. The van der Waals surface area contributed by atoms with E-state index in [-0.39, 0.29) is 37.6 Å². The van der Waals surface area contributed by atoms with Crippen LogP contribution in [0, 0.1) is 0 Å². The van der Waals surface area contributed by atoms with Crippen LogP contribution in [0.3, 0.4) is 0 Å². The van der Waals surface area contributed by atoms with Gasteiger partial charge in [0.05, 0.1) is 12.6 Å². The maximum atomic E-state index is 10.6. The maximum Gasteiger partial charge on any atom is 3.00 e. The van der Waals surface area contributed by atoms with Gasteiger partial charge in [-0.2, -0.15) is 0 Å². The van der Waals surface area contributed by atoms with Crippen LogP contribution >= 0.6 is 0 Å². The van der Waals surface area contributed by atoms with Gasteiger partial charge in [-0.1, -0.05) is 52.9 Å². The molecule has 0 aromatic carbocycles. The molecule has 0 N–H and O–H groups in total. The molecule has 0 saturated heterocycles. The second-order valence-corrected chi connectivity index (χ2v) is 4.29. The molecule has 0 fully saturated rings. The van der Waals surface area contributed by atoms with Gasteiger partial charge in [-0.15, -0.1) is 13.2 Å². The van der Waals surface area contributed by atoms with Gasteiger partial charge in [-0.3, -0.25) is 0 Å². The minimum absolute atomic E-state index is 0. The Hall–Kier alpha value is -0.582. The standard InChI is InChI=1S/C8H12O4.2C4H9O.Sb/c1-2-3-6-12-8(11)5-4-7(9)10;2*1-2-3-4-5;/h4-5H,2-3,6H2,1H3,(H,9,10);2*2-4H2,1H3;/q;2*-1;+3/p-1/b5-4+;;;. The first-order valence-corrected chi connectivity index (χ1v) is 7.71. The molecule has 0 unspecified atom stereocenters. The van der Waals surface area contributed by atoms with E-state index in [1.807, 2.05) is 20.8 Å². The topological polar surface area (TPSA) is 113 Å². The third-order valence-corrected chi connectivity index (χ3v) is 2.09. The van der Waals surface area contributed by atoms with Gasteiger partial charge in [0.25, 0.3) is 0 Å². The van der Waals surface area contributed by atoms with Crippen molar-refractivity contribution in [3.05, 3.63) is 12.2 Å².